The van der Waals surface area contributed by atoms with E-state index >= 15 is 0 Å². The van der Waals surface area contributed by atoms with Crippen LogP contribution in [0.2, 0.25) is 0 Å². The zero-order valence-electron chi connectivity index (χ0n) is 23.5. The maximum absolute atomic E-state index is 14.3. The molecule has 1 aromatic heterocycles. The highest BCUT2D eigenvalue weighted by Gasteiger charge is 2.31. The molecule has 1 saturated carbocycles. The molecule has 7 nitrogen and oxygen atoms in total. The van der Waals surface area contributed by atoms with E-state index in [9.17, 15) is 17.6 Å². The van der Waals surface area contributed by atoms with Gasteiger partial charge < -0.3 is 19.4 Å². The summed E-state index contributed by atoms with van der Waals surface area (Å²) in [5.41, 5.74) is 5.06. The first kappa shape index (κ1) is 28.6. The van der Waals surface area contributed by atoms with Crippen LogP contribution in [-0.2, 0) is 4.74 Å². The van der Waals surface area contributed by atoms with Crippen molar-refractivity contribution in [3.63, 3.8) is 0 Å². The number of pyridine rings is 1. The molecule has 1 N–H and O–H groups in total. The maximum Gasteiger partial charge on any atom is 0.573 e. The van der Waals surface area contributed by atoms with Crippen molar-refractivity contribution in [3.8, 4) is 22.8 Å². The maximum atomic E-state index is 14.3. The molecule has 11 heteroatoms. The summed E-state index contributed by atoms with van der Waals surface area (Å²) in [7, 11) is 1.73. The Hall–Kier alpha value is -4.51. The fraction of sp³-hybridized carbons (Fsp3) is 0.281. The van der Waals surface area contributed by atoms with Gasteiger partial charge in [0.1, 0.15) is 11.6 Å². The Balaban J connectivity index is 1.54. The van der Waals surface area contributed by atoms with Crippen LogP contribution in [0.5, 0.6) is 5.75 Å². The number of benzene rings is 3. The number of ether oxygens (including phenoxy) is 2. The van der Waals surface area contributed by atoms with Gasteiger partial charge in [0.25, 0.3) is 0 Å². The van der Waals surface area contributed by atoms with E-state index in [-0.39, 0.29) is 17.9 Å². The van der Waals surface area contributed by atoms with Crippen LogP contribution < -0.4 is 15.4 Å². The molecule has 0 unspecified atom stereocenters. The van der Waals surface area contributed by atoms with E-state index in [1.807, 2.05) is 35.8 Å². The van der Waals surface area contributed by atoms with E-state index in [4.69, 9.17) is 14.7 Å². The van der Waals surface area contributed by atoms with Crippen molar-refractivity contribution >= 4 is 22.4 Å². The van der Waals surface area contributed by atoms with E-state index in [0.717, 1.165) is 37.1 Å². The van der Waals surface area contributed by atoms with Gasteiger partial charge in [-0.25, -0.2) is 9.37 Å². The summed E-state index contributed by atoms with van der Waals surface area (Å²) in [6.07, 6.45) is 0.718. The van der Waals surface area contributed by atoms with Gasteiger partial charge in [-0.3, -0.25) is 9.98 Å². The number of nitrogens with zero attached hydrogens (tertiary/aromatic N) is 4. The molecule has 2 aliphatic carbocycles. The van der Waals surface area contributed by atoms with Crippen LogP contribution in [0.4, 0.5) is 28.9 Å². The van der Waals surface area contributed by atoms with Crippen LogP contribution >= 0.6 is 0 Å². The van der Waals surface area contributed by atoms with E-state index < -0.39 is 12.2 Å². The average molecular weight is 592 g/mol. The Labute approximate surface area is 245 Å². The summed E-state index contributed by atoms with van der Waals surface area (Å²) in [5.74, 6) is -0.798. The lowest BCUT2D eigenvalue weighted by Crippen LogP contribution is -2.25. The molecule has 0 saturated heterocycles. The van der Waals surface area contributed by atoms with Gasteiger partial charge in [-0.1, -0.05) is 0 Å². The van der Waals surface area contributed by atoms with Crippen LogP contribution in [0.3, 0.4) is 0 Å². The van der Waals surface area contributed by atoms with Crippen LogP contribution in [0, 0.1) is 12.7 Å². The predicted molar refractivity (Wildman–Crippen MR) is 155 cm³/mol. The first-order chi connectivity index (χ1) is 20.6. The average Bonchev–Trinajstić information content (AvgIpc) is 2.97. The van der Waals surface area contributed by atoms with E-state index in [2.05, 4.69) is 15.0 Å². The van der Waals surface area contributed by atoms with Gasteiger partial charge in [-0.2, -0.15) is 0 Å². The molecule has 3 aromatic rings. The third kappa shape index (κ3) is 6.46. The number of aromatic nitrogens is 3. The Morgan fingerprint density at radius 3 is 2.40 bits per heavy atom. The molecule has 0 amide bonds. The molecule has 43 heavy (non-hydrogen) atoms. The molecule has 0 bridgehead atoms. The van der Waals surface area contributed by atoms with Gasteiger partial charge in [0.05, 0.1) is 57.5 Å². The number of halogens is 4. The van der Waals surface area contributed by atoms with Crippen LogP contribution in [-0.4, -0.2) is 40.2 Å². The Morgan fingerprint density at radius 1 is 0.953 bits per heavy atom. The number of methoxy groups -OCH3 is 1. The van der Waals surface area contributed by atoms with Crippen molar-refractivity contribution in [2.45, 2.75) is 51.1 Å². The first-order valence-corrected chi connectivity index (χ1v) is 13.9. The van der Waals surface area contributed by atoms with E-state index in [0.29, 0.717) is 39.2 Å². The lowest BCUT2D eigenvalue weighted by molar-refractivity contribution is -0.274. The van der Waals surface area contributed by atoms with Crippen molar-refractivity contribution in [1.29, 1.82) is 0 Å². The van der Waals surface area contributed by atoms with Crippen LogP contribution in [0.1, 0.15) is 31.4 Å². The summed E-state index contributed by atoms with van der Waals surface area (Å²) >= 11 is 0. The number of hydrogen-bond acceptors (Lipinski definition) is 6. The van der Waals surface area contributed by atoms with Crippen molar-refractivity contribution in [2.24, 2.45) is 4.99 Å². The van der Waals surface area contributed by atoms with Gasteiger partial charge >= 0.3 is 6.36 Å². The second-order valence-corrected chi connectivity index (χ2v) is 10.6. The summed E-state index contributed by atoms with van der Waals surface area (Å²) in [6.45, 7) is 1.91. The molecule has 3 aliphatic rings. The van der Waals surface area contributed by atoms with Gasteiger partial charge in [-0.15, -0.1) is 13.2 Å². The number of nitrogens with one attached hydrogen (secondary N) is 1. The number of fused-ring (bicyclic) bond motifs is 2. The highest BCUT2D eigenvalue weighted by molar-refractivity contribution is 5.84. The minimum Gasteiger partial charge on any atom is -0.406 e. The second-order valence-electron chi connectivity index (χ2n) is 10.6. The fourth-order valence-corrected chi connectivity index (χ4v) is 5.46. The standard InChI is InChI=1S/C32H29F4N5O2/c1-19-3-5-22(18-37-19)39-26-16-29-31(17-27(26)38-21-6-10-24(42-2)11-7-21)41(30-14-4-20(33)15-28(30)40-29)23-8-12-25(13-9-23)43-32(34,35)36/h3-5,8-9,12-18,21,24,39H,6-7,10-11H2,1-2H3/b38-27+. The number of alkyl halides is 3. The largest absolute Gasteiger partial charge is 0.573 e. The minimum absolute atomic E-state index is 0.0790. The number of rotatable bonds is 6. The fourth-order valence-electron chi connectivity index (χ4n) is 5.46. The SMILES string of the molecule is COC1CCC(/N=c2\cc3n(-c4ccc(OC(F)(F)F)cc4)c4ccc(F)cc4nc-3cc2Nc2ccc(C)nc2)CC1. The van der Waals surface area contributed by atoms with Crippen molar-refractivity contribution in [1.82, 2.24) is 14.5 Å². The first-order valence-electron chi connectivity index (χ1n) is 13.9. The molecule has 222 valence electrons. The van der Waals surface area contributed by atoms with Crippen molar-refractivity contribution in [3.05, 3.63) is 89.8 Å². The smallest absolute Gasteiger partial charge is 0.406 e. The van der Waals surface area contributed by atoms with Gasteiger partial charge in [0, 0.05) is 24.6 Å². The highest BCUT2D eigenvalue weighted by atomic mass is 19.4. The lowest BCUT2D eigenvalue weighted by Gasteiger charge is -2.25. The Morgan fingerprint density at radius 2 is 1.72 bits per heavy atom. The molecule has 6 rings (SSSR count). The second kappa shape index (κ2) is 11.6. The third-order valence-electron chi connectivity index (χ3n) is 7.57. The van der Waals surface area contributed by atoms with Gasteiger partial charge in [0.2, 0.25) is 0 Å². The van der Waals surface area contributed by atoms with Crippen LogP contribution in [0.15, 0.2) is 77.9 Å². The van der Waals surface area contributed by atoms with E-state index in [1.165, 1.54) is 36.4 Å². The Kier molecular flexibility index (Phi) is 7.74. The summed E-state index contributed by atoms with van der Waals surface area (Å²) in [6, 6.07) is 17.5. The monoisotopic (exact) mass is 591 g/mol. The molecule has 0 atom stereocenters. The van der Waals surface area contributed by atoms with Gasteiger partial charge in [0.15, 0.2) is 0 Å². The molecule has 0 radical (unpaired) electrons. The lowest BCUT2D eigenvalue weighted by atomic mass is 9.93. The van der Waals surface area contributed by atoms with Crippen LogP contribution in [0.25, 0.3) is 28.1 Å². The zero-order valence-corrected chi connectivity index (χ0v) is 23.5. The molecule has 0 spiro atoms. The summed E-state index contributed by atoms with van der Waals surface area (Å²) in [4.78, 5) is 14.3. The molecule has 1 fully saturated rings. The molecule has 2 aromatic carbocycles. The topological polar surface area (TPSA) is 73.6 Å². The van der Waals surface area contributed by atoms with Crippen molar-refractivity contribution in [2.75, 3.05) is 12.4 Å². The summed E-state index contributed by atoms with van der Waals surface area (Å²) < 4.78 is 64.2. The molecule has 1 aliphatic heterocycles. The zero-order chi connectivity index (χ0) is 30.1. The molecule has 2 heterocycles. The molecular formula is C32H29F4N5O2. The van der Waals surface area contributed by atoms with Gasteiger partial charge in [-0.05, 0) is 93.3 Å². The molecular weight excluding hydrogens is 562 g/mol. The number of hydrogen-bond donors (Lipinski definition) is 1. The summed E-state index contributed by atoms with van der Waals surface area (Å²) in [5, 5.41) is 4.12. The normalized spacial score (nSPS) is 17.9. The minimum atomic E-state index is -4.81. The predicted octanol–water partition coefficient (Wildman–Crippen LogP) is 7.47. The highest BCUT2D eigenvalue weighted by Crippen LogP contribution is 2.32. The number of aryl methyl sites for hydroxylation is 1. The Bertz CT molecular complexity index is 1780. The van der Waals surface area contributed by atoms with Crippen molar-refractivity contribution < 1.29 is 27.0 Å². The quantitative estimate of drug-likeness (QED) is 0.164. The van der Waals surface area contributed by atoms with E-state index in [1.54, 1.807) is 19.4 Å². The third-order valence-corrected chi connectivity index (χ3v) is 7.57. The number of anilines is 2.